The molecule has 0 saturated carbocycles. The highest BCUT2D eigenvalue weighted by Gasteiger charge is 2.46. The molecule has 5 unspecified atom stereocenters. The van der Waals surface area contributed by atoms with E-state index in [0.717, 1.165) is 4.57 Å². The Bertz CT molecular complexity index is 759. The van der Waals surface area contributed by atoms with Gasteiger partial charge in [-0.1, -0.05) is 6.66 Å². The molecule has 0 amide bonds. The molecular weight excluding hydrogens is 338 g/mol. The maximum atomic E-state index is 14.4. The van der Waals surface area contributed by atoms with Gasteiger partial charge in [-0.2, -0.15) is 4.98 Å². The van der Waals surface area contributed by atoms with Crippen molar-refractivity contribution in [1.29, 1.82) is 0 Å². The van der Waals surface area contributed by atoms with E-state index in [-0.39, 0.29) is 11.5 Å². The van der Waals surface area contributed by atoms with E-state index in [2.05, 4.69) is 19.2 Å². The van der Waals surface area contributed by atoms with Crippen LogP contribution in [0.2, 0.25) is 0 Å². The number of nitrogens with two attached hydrogens (primary N) is 1. The van der Waals surface area contributed by atoms with E-state index in [1.165, 1.54) is 13.3 Å². The number of alkyl halides is 1. The van der Waals surface area contributed by atoms with E-state index in [1.54, 1.807) is 12.1 Å². The number of aromatic nitrogens is 3. The van der Waals surface area contributed by atoms with Gasteiger partial charge in [-0.3, -0.25) is 4.57 Å². The number of fused-ring (bicyclic) bond motifs is 1. The molecule has 0 spiro atoms. The monoisotopic (exact) mass is 358 g/mol. The third-order valence-corrected chi connectivity index (χ3v) is 3.62. The average molecular weight is 358 g/mol. The number of methoxy groups -OCH3 is 1. The number of ether oxygens (including phenoxy) is 2. The summed E-state index contributed by atoms with van der Waals surface area (Å²) in [5, 5.41) is 9.74. The lowest BCUT2D eigenvalue weighted by atomic mass is 10.1. The van der Waals surface area contributed by atoms with Crippen LogP contribution in [0.25, 0.3) is 11.0 Å². The van der Waals surface area contributed by atoms with Crippen LogP contribution in [0.1, 0.15) is 6.23 Å². The van der Waals surface area contributed by atoms with Crippen molar-refractivity contribution < 1.29 is 19.0 Å². The van der Waals surface area contributed by atoms with Crippen molar-refractivity contribution in [2.45, 2.75) is 24.6 Å². The Labute approximate surface area is 140 Å². The first kappa shape index (κ1) is 18.7. The summed E-state index contributed by atoms with van der Waals surface area (Å²) >= 11 is 0. The largest absolute Gasteiger partial charge is 0.394 e. The lowest BCUT2D eigenvalue weighted by Gasteiger charge is -2.16. The maximum absolute atomic E-state index is 14.4. The van der Waals surface area contributed by atoms with Crippen molar-refractivity contribution in [1.82, 2.24) is 14.5 Å². The van der Waals surface area contributed by atoms with Crippen LogP contribution < -0.4 is 11.4 Å². The molecule has 1 fully saturated rings. The molecule has 0 aliphatic carbocycles. The Kier molecular flexibility index (Phi) is 6.17. The second-order valence-electron chi connectivity index (χ2n) is 4.97. The Morgan fingerprint density at radius 3 is 2.75 bits per heavy atom. The summed E-state index contributed by atoms with van der Waals surface area (Å²) in [5.41, 5.74) is 5.00. The van der Waals surface area contributed by atoms with E-state index in [0.29, 0.717) is 5.39 Å². The molecule has 2 aromatic rings. The van der Waals surface area contributed by atoms with Gasteiger partial charge in [0.25, 0.3) is 0 Å². The van der Waals surface area contributed by atoms with E-state index in [9.17, 15) is 14.3 Å². The first-order valence-electron chi connectivity index (χ1n) is 7.21. The minimum absolute atomic E-state index is 0.177. The molecule has 8 nitrogen and oxygen atoms in total. The van der Waals surface area contributed by atoms with Crippen molar-refractivity contribution in [3.05, 3.63) is 28.8 Å². The summed E-state index contributed by atoms with van der Waals surface area (Å²) < 4.78 is 25.9. The number of aliphatic hydroxyl groups is 1. The fraction of sp³-hybridized carbons (Fsp3) is 0.500. The predicted molar refractivity (Wildman–Crippen MR) is 90.5 cm³/mol. The van der Waals surface area contributed by atoms with Gasteiger partial charge in [0.05, 0.1) is 6.61 Å². The van der Waals surface area contributed by atoms with Crippen LogP contribution in [0, 0.1) is 0 Å². The number of pyridine rings is 1. The van der Waals surface area contributed by atoms with Crippen molar-refractivity contribution in [2.75, 3.05) is 26.1 Å². The highest BCUT2D eigenvalue weighted by atomic mass is 31.0. The molecule has 5 atom stereocenters. The van der Waals surface area contributed by atoms with Crippen LogP contribution in [-0.2, 0) is 9.47 Å². The van der Waals surface area contributed by atoms with Gasteiger partial charge in [0.15, 0.2) is 18.0 Å². The minimum atomic E-state index is -1.61. The Morgan fingerprint density at radius 2 is 2.17 bits per heavy atom. The quantitative estimate of drug-likeness (QED) is 0.749. The molecule has 2 aromatic heterocycles. The zero-order valence-electron chi connectivity index (χ0n) is 13.3. The Hall–Kier alpha value is -1.67. The summed E-state index contributed by atoms with van der Waals surface area (Å²) in [4.78, 5) is 19.8. The average Bonchev–Trinajstić information content (AvgIpc) is 2.91. The van der Waals surface area contributed by atoms with Crippen LogP contribution in [0.5, 0.6) is 0 Å². The molecule has 1 aliphatic rings. The normalized spacial score (nSPS) is 26.2. The third-order valence-electron chi connectivity index (χ3n) is 3.62. The van der Waals surface area contributed by atoms with Gasteiger partial charge < -0.3 is 20.3 Å². The molecule has 0 aromatic carbocycles. The Balaban J connectivity index is 0.00000100. The number of hydrogen-bond donors (Lipinski definition) is 2. The number of nitrogen functional groups attached to an aromatic ring is 1. The molecular formula is C14H20FN4O4P. The smallest absolute Gasteiger partial charge is 0.351 e. The van der Waals surface area contributed by atoms with E-state index >= 15 is 0 Å². The van der Waals surface area contributed by atoms with E-state index in [1.807, 2.05) is 6.66 Å². The summed E-state index contributed by atoms with van der Waals surface area (Å²) in [6, 6.07) is 3.18. The lowest BCUT2D eigenvalue weighted by Crippen LogP contribution is -2.34. The molecule has 3 N–H and O–H groups in total. The number of aliphatic hydroxyl groups excluding tert-OH is 1. The van der Waals surface area contributed by atoms with E-state index < -0.39 is 36.9 Å². The van der Waals surface area contributed by atoms with Gasteiger partial charge in [-0.25, -0.2) is 14.2 Å². The minimum Gasteiger partial charge on any atom is -0.394 e. The maximum Gasteiger partial charge on any atom is 0.351 e. The van der Waals surface area contributed by atoms with Gasteiger partial charge in [0, 0.05) is 18.7 Å². The summed E-state index contributed by atoms with van der Waals surface area (Å²) in [6.45, 7) is 1.50. The van der Waals surface area contributed by atoms with Crippen LogP contribution in [0.3, 0.4) is 0 Å². The number of rotatable bonds is 3. The summed E-state index contributed by atoms with van der Waals surface area (Å²) in [7, 11) is 3.74. The fourth-order valence-corrected chi connectivity index (χ4v) is 2.55. The highest BCUT2D eigenvalue weighted by Crippen LogP contribution is 2.32. The van der Waals surface area contributed by atoms with Gasteiger partial charge >= 0.3 is 5.69 Å². The second kappa shape index (κ2) is 7.94. The number of anilines is 1. The molecule has 24 heavy (non-hydrogen) atoms. The summed E-state index contributed by atoms with van der Waals surface area (Å²) in [6.07, 6.45) is -3.23. The summed E-state index contributed by atoms with van der Waals surface area (Å²) in [5.74, 6) is 0.234. The van der Waals surface area contributed by atoms with Gasteiger partial charge in [0.2, 0.25) is 0 Å². The zero-order chi connectivity index (χ0) is 17.9. The molecule has 0 bridgehead atoms. The van der Waals surface area contributed by atoms with Crippen molar-refractivity contribution in [3.8, 4) is 0 Å². The topological polar surface area (TPSA) is 112 Å². The van der Waals surface area contributed by atoms with Crippen molar-refractivity contribution >= 4 is 26.1 Å². The van der Waals surface area contributed by atoms with Crippen molar-refractivity contribution in [2.24, 2.45) is 0 Å². The van der Waals surface area contributed by atoms with Crippen LogP contribution in [0.4, 0.5) is 10.2 Å². The zero-order valence-corrected chi connectivity index (χ0v) is 14.4. The molecule has 10 heteroatoms. The Morgan fingerprint density at radius 1 is 1.46 bits per heavy atom. The van der Waals surface area contributed by atoms with Crippen LogP contribution in [-0.4, -0.2) is 58.4 Å². The highest BCUT2D eigenvalue weighted by molar-refractivity contribution is 7.15. The third kappa shape index (κ3) is 3.39. The molecule has 132 valence electrons. The molecule has 3 rings (SSSR count). The van der Waals surface area contributed by atoms with E-state index in [4.69, 9.17) is 15.2 Å². The first-order chi connectivity index (χ1) is 11.5. The van der Waals surface area contributed by atoms with Gasteiger partial charge in [-0.15, -0.1) is 9.24 Å². The van der Waals surface area contributed by atoms with Crippen molar-refractivity contribution in [3.63, 3.8) is 0 Å². The molecule has 1 saturated heterocycles. The van der Waals surface area contributed by atoms with Crippen LogP contribution >= 0.6 is 9.24 Å². The standard InChI is InChI=1S/C13H15FN4O4.CH5P/c1-21-10-7(5-19)22-12(9(10)14)18-4-6-2-3-8(15)16-11(6)17-13(18)20;1-2/h2-4,7,9-10,12,19H,5H2,1H3,(H2,15,16,17,20);2H2,1H3. The number of nitrogens with zero attached hydrogens (tertiary/aromatic N) is 3. The van der Waals surface area contributed by atoms with Gasteiger partial charge in [-0.05, 0) is 12.1 Å². The molecule has 1 aliphatic heterocycles. The lowest BCUT2D eigenvalue weighted by molar-refractivity contribution is -0.0543. The fourth-order valence-electron chi connectivity index (χ4n) is 2.55. The first-order valence-corrected chi connectivity index (χ1v) is 8.37. The predicted octanol–water partition coefficient (Wildman–Crippen LogP) is 0.108. The van der Waals surface area contributed by atoms with Gasteiger partial charge in [0.1, 0.15) is 18.0 Å². The molecule has 0 radical (unpaired) electrons. The molecule has 3 heterocycles. The SMILES string of the molecule is COC1C(CO)OC(n2cc3ccc(N)nc3nc2=O)C1F.CP. The number of halogens is 1. The number of hydrogen-bond acceptors (Lipinski definition) is 7. The second-order valence-corrected chi connectivity index (χ2v) is 4.97. The van der Waals surface area contributed by atoms with Crippen LogP contribution in [0.15, 0.2) is 23.1 Å².